The summed E-state index contributed by atoms with van der Waals surface area (Å²) in [6.45, 7) is 25.4. The van der Waals surface area contributed by atoms with Crippen LogP contribution in [0.15, 0.2) is 103 Å². The van der Waals surface area contributed by atoms with Gasteiger partial charge in [0.05, 0.1) is 33.4 Å². The van der Waals surface area contributed by atoms with Crippen LogP contribution in [0.3, 0.4) is 0 Å². The van der Waals surface area contributed by atoms with Crippen LogP contribution in [-0.2, 0) is 27.8 Å². The number of alkyl halides is 3. The number of rotatable bonds is 3. The zero-order chi connectivity index (χ0) is 43.6. The molecule has 2 aromatic heterocycles. The molecule has 0 fully saturated rings. The van der Waals surface area contributed by atoms with E-state index in [1.54, 1.807) is 15.2 Å². The van der Waals surface area contributed by atoms with Gasteiger partial charge in [-0.2, -0.15) is 13.2 Å². The Labute approximate surface area is 349 Å². The molecule has 310 valence electrons. The highest BCUT2D eigenvalue weighted by Gasteiger charge is 2.41. The van der Waals surface area contributed by atoms with Gasteiger partial charge in [-0.3, -0.25) is 0 Å². The molecule has 0 spiro atoms. The van der Waals surface area contributed by atoms with Gasteiger partial charge in [-0.15, -0.1) is 0 Å². The summed E-state index contributed by atoms with van der Waals surface area (Å²) in [5.74, 6) is -1.76. The molecular weight excluding hydrogens is 760 g/mol. The standard InChI is InChI=1S/C53H53F5N2/c1-49(2,3)31-13-18-42-38(25-31)39-26-32(50(4,5)6)14-19-43(39)59(42)46-22-17-37(30-23-35(54)29-36(55)24-30)48(47(46)53(56,57)58)60-44-20-15-33(51(7,8)9)27-40(44)41-28-34(52(10,11)12)16-21-45(41)60/h13-29H,1-12H3. The first-order valence-corrected chi connectivity index (χ1v) is 20.6. The lowest BCUT2D eigenvalue weighted by molar-refractivity contribution is -0.137. The maximum absolute atomic E-state index is 16.7. The molecule has 0 atom stereocenters. The second-order valence-corrected chi connectivity index (χ2v) is 20.6. The van der Waals surface area contributed by atoms with Crippen molar-refractivity contribution in [2.24, 2.45) is 0 Å². The van der Waals surface area contributed by atoms with Crippen molar-refractivity contribution in [2.75, 3.05) is 0 Å². The van der Waals surface area contributed by atoms with E-state index in [0.29, 0.717) is 22.1 Å². The highest BCUT2D eigenvalue weighted by molar-refractivity contribution is 6.12. The number of nitrogens with zero attached hydrogens (tertiary/aromatic N) is 2. The average Bonchev–Trinajstić information content (AvgIpc) is 3.63. The summed E-state index contributed by atoms with van der Waals surface area (Å²) in [6.07, 6.45) is -4.94. The fourth-order valence-corrected chi connectivity index (χ4v) is 8.63. The predicted molar refractivity (Wildman–Crippen MR) is 240 cm³/mol. The van der Waals surface area contributed by atoms with Crippen molar-refractivity contribution >= 4 is 43.6 Å². The summed E-state index contributed by atoms with van der Waals surface area (Å²) in [7, 11) is 0. The topological polar surface area (TPSA) is 9.86 Å². The number of halogens is 5. The lowest BCUT2D eigenvalue weighted by Crippen LogP contribution is -2.17. The summed E-state index contributed by atoms with van der Waals surface area (Å²) in [4.78, 5) is 0. The average molecular weight is 813 g/mol. The molecule has 0 amide bonds. The van der Waals surface area contributed by atoms with Gasteiger partial charge in [-0.1, -0.05) is 113 Å². The van der Waals surface area contributed by atoms with Crippen LogP contribution in [0.2, 0.25) is 0 Å². The summed E-state index contributed by atoms with van der Waals surface area (Å²) in [5, 5.41) is 3.27. The molecule has 60 heavy (non-hydrogen) atoms. The molecule has 0 aliphatic carbocycles. The van der Waals surface area contributed by atoms with Crippen molar-refractivity contribution < 1.29 is 22.0 Å². The van der Waals surface area contributed by atoms with Gasteiger partial charge < -0.3 is 9.13 Å². The largest absolute Gasteiger partial charge is 0.420 e. The quantitative estimate of drug-likeness (QED) is 0.157. The first-order valence-electron chi connectivity index (χ1n) is 20.6. The van der Waals surface area contributed by atoms with E-state index in [1.807, 2.05) is 48.5 Å². The molecule has 0 radical (unpaired) electrons. The summed E-state index contributed by atoms with van der Waals surface area (Å²) in [6, 6.07) is 29.9. The monoisotopic (exact) mass is 812 g/mol. The molecule has 7 heteroatoms. The minimum atomic E-state index is -4.94. The Kier molecular flexibility index (Phi) is 9.32. The number of benzene rings is 6. The van der Waals surface area contributed by atoms with Crippen molar-refractivity contribution in [2.45, 2.75) is 111 Å². The summed E-state index contributed by atoms with van der Waals surface area (Å²) < 4.78 is 83.6. The Morgan fingerprint density at radius 3 is 1.03 bits per heavy atom. The molecule has 2 nitrogen and oxygen atoms in total. The summed E-state index contributed by atoms with van der Waals surface area (Å²) >= 11 is 0. The molecule has 0 saturated heterocycles. The fraction of sp³-hybridized carbons (Fsp3) is 0.321. The van der Waals surface area contributed by atoms with Gasteiger partial charge in [0.2, 0.25) is 0 Å². The van der Waals surface area contributed by atoms with Crippen molar-refractivity contribution in [1.82, 2.24) is 9.13 Å². The normalized spacial score (nSPS) is 13.4. The first-order chi connectivity index (χ1) is 27.7. The number of hydrogen-bond donors (Lipinski definition) is 0. The third-order valence-electron chi connectivity index (χ3n) is 12.1. The van der Waals surface area contributed by atoms with Crippen LogP contribution in [0.5, 0.6) is 0 Å². The van der Waals surface area contributed by atoms with Gasteiger partial charge in [-0.05, 0) is 116 Å². The van der Waals surface area contributed by atoms with Crippen LogP contribution in [0.25, 0.3) is 66.1 Å². The molecule has 0 saturated carbocycles. The maximum atomic E-state index is 16.7. The zero-order valence-corrected chi connectivity index (χ0v) is 36.6. The van der Waals surface area contributed by atoms with E-state index in [9.17, 15) is 0 Å². The molecule has 0 aliphatic heterocycles. The van der Waals surface area contributed by atoms with Gasteiger partial charge in [0.25, 0.3) is 0 Å². The smallest absolute Gasteiger partial charge is 0.309 e. The molecule has 0 aliphatic rings. The SMILES string of the molecule is CC(C)(C)c1ccc2c(c1)c1cc(C(C)(C)C)ccc1n2-c1ccc(-c2cc(F)cc(F)c2)c(-n2c3ccc(C(C)(C)C)cc3c3cc(C(C)(C)C)ccc32)c1C(F)(F)F. The molecule has 2 heterocycles. The van der Waals surface area contributed by atoms with E-state index in [1.165, 1.54) is 6.07 Å². The van der Waals surface area contributed by atoms with Gasteiger partial charge in [0, 0.05) is 33.2 Å². The zero-order valence-electron chi connectivity index (χ0n) is 36.6. The van der Waals surface area contributed by atoms with Gasteiger partial charge >= 0.3 is 6.18 Å². The van der Waals surface area contributed by atoms with Crippen LogP contribution in [0.4, 0.5) is 22.0 Å². The van der Waals surface area contributed by atoms with Crippen LogP contribution in [-0.4, -0.2) is 9.13 Å². The van der Waals surface area contributed by atoms with Crippen LogP contribution in [0, 0.1) is 11.6 Å². The van der Waals surface area contributed by atoms with Crippen molar-refractivity contribution in [3.8, 4) is 22.5 Å². The van der Waals surface area contributed by atoms with Crippen molar-refractivity contribution in [3.63, 3.8) is 0 Å². The molecule has 8 aromatic rings. The fourth-order valence-electron chi connectivity index (χ4n) is 8.63. The van der Waals surface area contributed by atoms with E-state index in [2.05, 4.69) is 107 Å². The van der Waals surface area contributed by atoms with Crippen LogP contribution < -0.4 is 0 Å². The van der Waals surface area contributed by atoms with Crippen molar-refractivity contribution in [3.05, 3.63) is 143 Å². The van der Waals surface area contributed by atoms with E-state index in [0.717, 1.165) is 62.0 Å². The van der Waals surface area contributed by atoms with Crippen LogP contribution >= 0.6 is 0 Å². The highest BCUT2D eigenvalue weighted by Crippen LogP contribution is 2.49. The molecule has 0 unspecified atom stereocenters. The first kappa shape index (κ1) is 41.3. The van der Waals surface area contributed by atoms with Gasteiger partial charge in [0.15, 0.2) is 0 Å². The number of hydrogen-bond acceptors (Lipinski definition) is 0. The Balaban J connectivity index is 1.60. The second-order valence-electron chi connectivity index (χ2n) is 20.6. The maximum Gasteiger partial charge on any atom is 0.420 e. The number of fused-ring (bicyclic) bond motifs is 6. The lowest BCUT2D eigenvalue weighted by atomic mass is 9.85. The summed E-state index contributed by atoms with van der Waals surface area (Å²) in [5.41, 5.74) is 4.45. The third-order valence-corrected chi connectivity index (χ3v) is 12.1. The minimum absolute atomic E-state index is 0.000895. The highest BCUT2D eigenvalue weighted by atomic mass is 19.4. The molecule has 0 N–H and O–H groups in total. The van der Waals surface area contributed by atoms with Gasteiger partial charge in [-0.25, -0.2) is 8.78 Å². The Bertz CT molecular complexity index is 2860. The van der Waals surface area contributed by atoms with Gasteiger partial charge in [0.1, 0.15) is 17.2 Å². The molecule has 0 bridgehead atoms. The minimum Gasteiger partial charge on any atom is -0.309 e. The third kappa shape index (κ3) is 6.98. The van der Waals surface area contributed by atoms with E-state index >= 15 is 22.0 Å². The predicted octanol–water partition coefficient (Wildman–Crippen LogP) is 16.0. The lowest BCUT2D eigenvalue weighted by Gasteiger charge is -2.25. The van der Waals surface area contributed by atoms with E-state index < -0.39 is 23.4 Å². The Morgan fingerprint density at radius 2 is 0.717 bits per heavy atom. The molecule has 8 rings (SSSR count). The van der Waals surface area contributed by atoms with Crippen molar-refractivity contribution in [1.29, 1.82) is 0 Å². The van der Waals surface area contributed by atoms with Crippen LogP contribution in [0.1, 0.15) is 111 Å². The van der Waals surface area contributed by atoms with E-state index in [4.69, 9.17) is 0 Å². The molecule has 6 aromatic carbocycles. The second kappa shape index (κ2) is 13.5. The molecular formula is C53H53F5N2. The Morgan fingerprint density at radius 1 is 0.383 bits per heavy atom. The van der Waals surface area contributed by atoms with E-state index in [-0.39, 0.29) is 44.2 Å². The Hall–Kier alpha value is -5.43. The number of aromatic nitrogens is 2.